The predicted molar refractivity (Wildman–Crippen MR) is 98.9 cm³/mol. The summed E-state index contributed by atoms with van der Waals surface area (Å²) in [5.41, 5.74) is 6.26. The van der Waals surface area contributed by atoms with E-state index in [0.717, 1.165) is 0 Å². The first kappa shape index (κ1) is 18.9. The zero-order chi connectivity index (χ0) is 18.6. The largest absolute Gasteiger partial charge is 0.374 e. The number of hydrogen-bond donors (Lipinski definition) is 4. The zero-order valence-electron chi connectivity index (χ0n) is 14.0. The maximum atomic E-state index is 12.1. The number of halogens is 1. The quantitative estimate of drug-likeness (QED) is 0.633. The molecule has 25 heavy (non-hydrogen) atoms. The van der Waals surface area contributed by atoms with Gasteiger partial charge >= 0.3 is 6.03 Å². The number of rotatable bonds is 5. The third kappa shape index (κ3) is 5.30. The molecule has 8 nitrogen and oxygen atoms in total. The second-order valence-corrected chi connectivity index (χ2v) is 7.07. The van der Waals surface area contributed by atoms with E-state index in [1.54, 1.807) is 19.1 Å². The Hall–Kier alpha value is -2.39. The minimum atomic E-state index is -0.446. The third-order valence-electron chi connectivity index (χ3n) is 3.06. The lowest BCUT2D eigenvalue weighted by Crippen LogP contribution is -2.32. The van der Waals surface area contributed by atoms with Gasteiger partial charge in [-0.05, 0) is 39.0 Å². The van der Waals surface area contributed by atoms with Gasteiger partial charge in [0.05, 0.1) is 16.6 Å². The maximum absolute atomic E-state index is 12.1. The van der Waals surface area contributed by atoms with Crippen LogP contribution in [0.2, 0.25) is 5.02 Å². The van der Waals surface area contributed by atoms with Crippen LogP contribution < -0.4 is 21.7 Å². The van der Waals surface area contributed by atoms with Gasteiger partial charge in [-0.15, -0.1) is 10.2 Å². The van der Waals surface area contributed by atoms with Gasteiger partial charge < -0.3 is 21.7 Å². The van der Waals surface area contributed by atoms with Crippen LogP contribution in [0, 0.1) is 0 Å². The molecule has 0 spiro atoms. The normalized spacial score (nSPS) is 11.9. The highest BCUT2D eigenvalue weighted by Crippen LogP contribution is 2.22. The van der Waals surface area contributed by atoms with E-state index in [4.69, 9.17) is 17.3 Å². The average Bonchev–Trinajstić information content (AvgIpc) is 2.95. The molecule has 0 aliphatic heterocycles. The SMILES string of the molecule is CC(C)NC(=O)c1cc(NC(=O)NC(C)c2nnc(N)s2)ccc1Cl. The Balaban J connectivity index is 2.04. The van der Waals surface area contributed by atoms with Crippen molar-refractivity contribution in [3.63, 3.8) is 0 Å². The molecule has 1 heterocycles. The molecule has 0 aliphatic carbocycles. The topological polar surface area (TPSA) is 122 Å². The summed E-state index contributed by atoms with van der Waals surface area (Å²) in [6.45, 7) is 5.47. The molecule has 134 valence electrons. The van der Waals surface area contributed by atoms with Crippen molar-refractivity contribution in [1.82, 2.24) is 20.8 Å². The van der Waals surface area contributed by atoms with Crippen molar-refractivity contribution in [2.45, 2.75) is 32.9 Å². The van der Waals surface area contributed by atoms with Gasteiger partial charge in [-0.1, -0.05) is 22.9 Å². The van der Waals surface area contributed by atoms with Crippen molar-refractivity contribution in [3.05, 3.63) is 33.8 Å². The van der Waals surface area contributed by atoms with Crippen LogP contribution >= 0.6 is 22.9 Å². The standard InChI is InChI=1S/C15H19ClN6O2S/c1-7(2)18-12(23)10-6-9(4-5-11(10)16)20-15(24)19-8(3)13-21-22-14(17)25-13/h4-8H,1-3H3,(H2,17,22)(H,18,23)(H2,19,20,24). The van der Waals surface area contributed by atoms with Crippen LogP contribution in [-0.2, 0) is 0 Å². The molecule has 3 amide bonds. The van der Waals surface area contributed by atoms with E-state index in [9.17, 15) is 9.59 Å². The molecule has 1 aromatic carbocycles. The summed E-state index contributed by atoms with van der Waals surface area (Å²) < 4.78 is 0. The monoisotopic (exact) mass is 382 g/mol. The van der Waals surface area contributed by atoms with Crippen molar-refractivity contribution in [2.24, 2.45) is 0 Å². The van der Waals surface area contributed by atoms with Crippen molar-refractivity contribution in [3.8, 4) is 0 Å². The Morgan fingerprint density at radius 1 is 1.20 bits per heavy atom. The van der Waals surface area contributed by atoms with E-state index in [2.05, 4.69) is 26.1 Å². The van der Waals surface area contributed by atoms with E-state index in [1.165, 1.54) is 17.4 Å². The molecule has 5 N–H and O–H groups in total. The summed E-state index contributed by atoms with van der Waals surface area (Å²) in [7, 11) is 0. The first-order valence-corrected chi connectivity index (χ1v) is 8.72. The number of anilines is 2. The number of carbonyl (C=O) groups excluding carboxylic acids is 2. The van der Waals surface area contributed by atoms with Crippen molar-refractivity contribution < 1.29 is 9.59 Å². The fourth-order valence-electron chi connectivity index (χ4n) is 1.96. The van der Waals surface area contributed by atoms with Crippen LogP contribution in [0.25, 0.3) is 0 Å². The molecular formula is C15H19ClN6O2S. The van der Waals surface area contributed by atoms with Crippen LogP contribution in [0.15, 0.2) is 18.2 Å². The molecular weight excluding hydrogens is 364 g/mol. The second kappa shape index (κ2) is 8.13. The zero-order valence-corrected chi connectivity index (χ0v) is 15.5. The van der Waals surface area contributed by atoms with Gasteiger partial charge in [0.1, 0.15) is 5.01 Å². The van der Waals surface area contributed by atoms with Crippen LogP contribution in [0.5, 0.6) is 0 Å². The van der Waals surface area contributed by atoms with Gasteiger partial charge in [0.2, 0.25) is 5.13 Å². The molecule has 2 aromatic rings. The number of nitrogens with one attached hydrogen (secondary N) is 3. The molecule has 2 rings (SSSR count). The summed E-state index contributed by atoms with van der Waals surface area (Å²) in [4.78, 5) is 24.2. The molecule has 1 aromatic heterocycles. The Bertz CT molecular complexity index is 779. The smallest absolute Gasteiger partial charge is 0.319 e. The Kier molecular flexibility index (Phi) is 6.16. The number of amides is 3. The lowest BCUT2D eigenvalue weighted by atomic mass is 10.1. The van der Waals surface area contributed by atoms with E-state index < -0.39 is 6.03 Å². The number of nitrogens with two attached hydrogens (primary N) is 1. The van der Waals surface area contributed by atoms with Gasteiger partial charge in [0, 0.05) is 11.7 Å². The summed E-state index contributed by atoms with van der Waals surface area (Å²) >= 11 is 7.26. The second-order valence-electron chi connectivity index (χ2n) is 5.62. The van der Waals surface area contributed by atoms with Gasteiger partial charge in [0.15, 0.2) is 0 Å². The summed E-state index contributed by atoms with van der Waals surface area (Å²) in [5, 5.41) is 17.0. The van der Waals surface area contributed by atoms with Gasteiger partial charge in [-0.3, -0.25) is 4.79 Å². The highest BCUT2D eigenvalue weighted by Gasteiger charge is 2.16. The molecule has 1 unspecified atom stereocenters. The third-order valence-corrected chi connectivity index (χ3v) is 4.33. The summed E-state index contributed by atoms with van der Waals surface area (Å²) in [5.74, 6) is -0.304. The van der Waals surface area contributed by atoms with E-state index in [1.807, 2.05) is 13.8 Å². The molecule has 0 radical (unpaired) electrons. The number of urea groups is 1. The number of nitrogen functional groups attached to an aromatic ring is 1. The van der Waals surface area contributed by atoms with Gasteiger partial charge in [0.25, 0.3) is 5.91 Å². The molecule has 1 atom stereocenters. The minimum absolute atomic E-state index is 0.0244. The Morgan fingerprint density at radius 2 is 1.92 bits per heavy atom. The van der Waals surface area contributed by atoms with E-state index in [0.29, 0.717) is 20.8 Å². The molecule has 0 saturated carbocycles. The highest BCUT2D eigenvalue weighted by atomic mass is 35.5. The Morgan fingerprint density at radius 3 is 2.52 bits per heavy atom. The number of hydrogen-bond acceptors (Lipinski definition) is 6. The predicted octanol–water partition coefficient (Wildman–Crippen LogP) is 2.79. The molecule has 10 heteroatoms. The van der Waals surface area contributed by atoms with Gasteiger partial charge in [-0.2, -0.15) is 0 Å². The first-order chi connectivity index (χ1) is 11.8. The molecule has 0 fully saturated rings. The summed E-state index contributed by atoms with van der Waals surface area (Å²) in [6, 6.07) is 3.87. The first-order valence-electron chi connectivity index (χ1n) is 7.53. The fraction of sp³-hybridized carbons (Fsp3) is 0.333. The average molecular weight is 383 g/mol. The minimum Gasteiger partial charge on any atom is -0.374 e. The lowest BCUT2D eigenvalue weighted by Gasteiger charge is -2.14. The molecule has 0 bridgehead atoms. The van der Waals surface area contributed by atoms with Crippen LogP contribution in [-0.4, -0.2) is 28.2 Å². The van der Waals surface area contributed by atoms with Crippen molar-refractivity contribution in [2.75, 3.05) is 11.1 Å². The van der Waals surface area contributed by atoms with E-state index in [-0.39, 0.29) is 23.6 Å². The summed E-state index contributed by atoms with van der Waals surface area (Å²) in [6.07, 6.45) is 0. The molecule has 0 saturated heterocycles. The number of nitrogens with zero attached hydrogens (tertiary/aromatic N) is 2. The molecule has 0 aliphatic rings. The van der Waals surface area contributed by atoms with Crippen molar-refractivity contribution in [1.29, 1.82) is 0 Å². The van der Waals surface area contributed by atoms with Crippen LogP contribution in [0.1, 0.15) is 42.2 Å². The maximum Gasteiger partial charge on any atom is 0.319 e. The van der Waals surface area contributed by atoms with Crippen molar-refractivity contribution >= 4 is 45.7 Å². The number of carbonyl (C=O) groups is 2. The van der Waals surface area contributed by atoms with Crippen LogP contribution in [0.3, 0.4) is 0 Å². The van der Waals surface area contributed by atoms with E-state index >= 15 is 0 Å². The number of benzene rings is 1. The lowest BCUT2D eigenvalue weighted by molar-refractivity contribution is 0.0943. The van der Waals surface area contributed by atoms with Crippen LogP contribution in [0.4, 0.5) is 15.6 Å². The Labute approximate surface area is 154 Å². The number of aromatic nitrogens is 2. The highest BCUT2D eigenvalue weighted by molar-refractivity contribution is 7.15. The van der Waals surface area contributed by atoms with Gasteiger partial charge in [-0.25, -0.2) is 4.79 Å². The fourth-order valence-corrected chi connectivity index (χ4v) is 2.78.